The van der Waals surface area contributed by atoms with E-state index in [-0.39, 0.29) is 11.9 Å². The van der Waals surface area contributed by atoms with Gasteiger partial charge in [-0.1, -0.05) is 12.1 Å². The molecular weight excluding hydrogens is 266 g/mol. The number of hydrogen-bond donors (Lipinski definition) is 2. The largest absolute Gasteiger partial charge is 0.492 e. The Morgan fingerprint density at radius 3 is 2.76 bits per heavy atom. The van der Waals surface area contributed by atoms with Crippen LogP contribution >= 0.6 is 0 Å². The summed E-state index contributed by atoms with van der Waals surface area (Å²) in [7, 11) is 4.04. The van der Waals surface area contributed by atoms with Crippen LogP contribution in [-0.4, -0.2) is 50.6 Å². The van der Waals surface area contributed by atoms with Crippen LogP contribution in [0.2, 0.25) is 0 Å². The SMILES string of the molecule is CN(C)CCOc1ccc(CNC(=O)[C@@H]2CCCN2)cc1. The van der Waals surface area contributed by atoms with E-state index in [1.165, 1.54) is 0 Å². The monoisotopic (exact) mass is 291 g/mol. The highest BCUT2D eigenvalue weighted by atomic mass is 16.5. The highest BCUT2D eigenvalue weighted by Gasteiger charge is 2.21. The number of carbonyl (C=O) groups is 1. The average molecular weight is 291 g/mol. The predicted octanol–water partition coefficient (Wildman–Crippen LogP) is 0.995. The maximum Gasteiger partial charge on any atom is 0.237 e. The fourth-order valence-corrected chi connectivity index (χ4v) is 2.27. The van der Waals surface area contributed by atoms with E-state index >= 15 is 0 Å². The Morgan fingerprint density at radius 2 is 2.14 bits per heavy atom. The molecule has 0 aromatic heterocycles. The molecule has 1 aliphatic rings. The number of benzene rings is 1. The van der Waals surface area contributed by atoms with Crippen molar-refractivity contribution in [2.45, 2.75) is 25.4 Å². The van der Waals surface area contributed by atoms with Crippen molar-refractivity contribution in [3.8, 4) is 5.75 Å². The van der Waals surface area contributed by atoms with Crippen LogP contribution < -0.4 is 15.4 Å². The van der Waals surface area contributed by atoms with Gasteiger partial charge in [0.15, 0.2) is 0 Å². The standard InChI is InChI=1S/C16H25N3O2/c1-19(2)10-11-21-14-7-5-13(6-8-14)12-18-16(20)15-4-3-9-17-15/h5-8,15,17H,3-4,9-12H2,1-2H3,(H,18,20)/t15-/m0/s1. The molecule has 0 radical (unpaired) electrons. The van der Waals surface area contributed by atoms with Gasteiger partial charge in [0.25, 0.3) is 0 Å². The maximum atomic E-state index is 11.9. The number of nitrogens with zero attached hydrogens (tertiary/aromatic N) is 1. The van der Waals surface area contributed by atoms with Crippen molar-refractivity contribution in [3.05, 3.63) is 29.8 Å². The lowest BCUT2D eigenvalue weighted by Crippen LogP contribution is -2.39. The molecule has 1 atom stereocenters. The molecule has 1 heterocycles. The number of likely N-dealkylation sites (N-methyl/N-ethyl adjacent to an activating group) is 1. The molecule has 0 spiro atoms. The average Bonchev–Trinajstić information content (AvgIpc) is 3.00. The number of hydrogen-bond acceptors (Lipinski definition) is 4. The van der Waals surface area contributed by atoms with E-state index in [1.54, 1.807) is 0 Å². The second kappa shape index (κ2) is 8.00. The second-order valence-corrected chi connectivity index (χ2v) is 5.66. The van der Waals surface area contributed by atoms with Crippen LogP contribution in [0.25, 0.3) is 0 Å². The summed E-state index contributed by atoms with van der Waals surface area (Å²) in [6.45, 7) is 3.08. The van der Waals surface area contributed by atoms with E-state index < -0.39 is 0 Å². The summed E-state index contributed by atoms with van der Waals surface area (Å²) in [4.78, 5) is 14.0. The molecule has 1 aromatic rings. The Bertz CT molecular complexity index is 439. The molecule has 1 amide bonds. The minimum atomic E-state index is -0.0151. The number of nitrogens with one attached hydrogen (secondary N) is 2. The van der Waals surface area contributed by atoms with Crippen molar-refractivity contribution in [3.63, 3.8) is 0 Å². The van der Waals surface area contributed by atoms with Crippen LogP contribution in [0.5, 0.6) is 5.75 Å². The Balaban J connectivity index is 1.72. The number of rotatable bonds is 7. The van der Waals surface area contributed by atoms with Crippen molar-refractivity contribution in [2.24, 2.45) is 0 Å². The minimum absolute atomic E-state index is 0.0151. The van der Waals surface area contributed by atoms with Gasteiger partial charge in [0.1, 0.15) is 12.4 Å². The molecule has 5 nitrogen and oxygen atoms in total. The molecule has 116 valence electrons. The van der Waals surface area contributed by atoms with E-state index in [4.69, 9.17) is 4.74 Å². The first-order valence-electron chi connectivity index (χ1n) is 7.53. The predicted molar refractivity (Wildman–Crippen MR) is 83.4 cm³/mol. The zero-order chi connectivity index (χ0) is 15.1. The van der Waals surface area contributed by atoms with Gasteiger partial charge in [-0.3, -0.25) is 4.79 Å². The molecule has 0 unspecified atom stereocenters. The van der Waals surface area contributed by atoms with E-state index in [2.05, 4.69) is 15.5 Å². The van der Waals surface area contributed by atoms with Gasteiger partial charge in [-0.15, -0.1) is 0 Å². The van der Waals surface area contributed by atoms with E-state index in [0.29, 0.717) is 13.2 Å². The normalized spacial score (nSPS) is 18.0. The summed E-state index contributed by atoms with van der Waals surface area (Å²) < 4.78 is 5.64. The first-order chi connectivity index (χ1) is 10.1. The summed E-state index contributed by atoms with van der Waals surface area (Å²) in [6.07, 6.45) is 2.02. The van der Waals surface area contributed by atoms with Gasteiger partial charge in [-0.05, 0) is 51.2 Å². The molecule has 1 aliphatic heterocycles. The van der Waals surface area contributed by atoms with Crippen molar-refractivity contribution >= 4 is 5.91 Å². The smallest absolute Gasteiger partial charge is 0.237 e. The van der Waals surface area contributed by atoms with Gasteiger partial charge in [0, 0.05) is 13.1 Å². The molecule has 2 rings (SSSR count). The Morgan fingerprint density at radius 1 is 1.38 bits per heavy atom. The van der Waals surface area contributed by atoms with Gasteiger partial charge in [0.05, 0.1) is 6.04 Å². The molecule has 21 heavy (non-hydrogen) atoms. The summed E-state index contributed by atoms with van der Waals surface area (Å²) in [6, 6.07) is 7.87. The maximum absolute atomic E-state index is 11.9. The Hall–Kier alpha value is -1.59. The highest BCUT2D eigenvalue weighted by molar-refractivity contribution is 5.81. The third-order valence-corrected chi connectivity index (χ3v) is 3.57. The van der Waals surface area contributed by atoms with Crippen molar-refractivity contribution in [1.29, 1.82) is 0 Å². The van der Waals surface area contributed by atoms with Crippen LogP contribution in [-0.2, 0) is 11.3 Å². The van der Waals surface area contributed by atoms with Crippen LogP contribution in [0.3, 0.4) is 0 Å². The highest BCUT2D eigenvalue weighted by Crippen LogP contribution is 2.12. The van der Waals surface area contributed by atoms with Gasteiger partial charge in [-0.2, -0.15) is 0 Å². The van der Waals surface area contributed by atoms with Crippen molar-refractivity contribution < 1.29 is 9.53 Å². The second-order valence-electron chi connectivity index (χ2n) is 5.66. The molecule has 0 aliphatic carbocycles. The fourth-order valence-electron chi connectivity index (χ4n) is 2.27. The third kappa shape index (κ3) is 5.36. The summed E-state index contributed by atoms with van der Waals surface area (Å²) in [5.74, 6) is 0.961. The number of ether oxygens (including phenoxy) is 1. The Kier molecular flexibility index (Phi) is 6.02. The molecule has 1 fully saturated rings. The van der Waals surface area contributed by atoms with E-state index in [9.17, 15) is 4.79 Å². The summed E-state index contributed by atoms with van der Waals surface area (Å²) >= 11 is 0. The first kappa shape index (κ1) is 15.8. The van der Waals surface area contributed by atoms with Crippen molar-refractivity contribution in [1.82, 2.24) is 15.5 Å². The topological polar surface area (TPSA) is 53.6 Å². The summed E-state index contributed by atoms with van der Waals surface area (Å²) in [5, 5.41) is 6.17. The molecule has 1 aromatic carbocycles. The lowest BCUT2D eigenvalue weighted by molar-refractivity contribution is -0.122. The van der Waals surface area contributed by atoms with Crippen LogP contribution in [0.4, 0.5) is 0 Å². The van der Waals surface area contributed by atoms with Crippen LogP contribution in [0, 0.1) is 0 Å². The fraction of sp³-hybridized carbons (Fsp3) is 0.562. The first-order valence-corrected chi connectivity index (χ1v) is 7.53. The molecule has 0 bridgehead atoms. The van der Waals surface area contributed by atoms with E-state index in [0.717, 1.165) is 37.2 Å². The van der Waals surface area contributed by atoms with Crippen molar-refractivity contribution in [2.75, 3.05) is 33.8 Å². The zero-order valence-corrected chi connectivity index (χ0v) is 12.9. The van der Waals surface area contributed by atoms with Gasteiger partial charge in [0.2, 0.25) is 5.91 Å². The summed E-state index contributed by atoms with van der Waals surface area (Å²) in [5.41, 5.74) is 1.08. The number of carbonyl (C=O) groups excluding carboxylic acids is 1. The lowest BCUT2D eigenvalue weighted by Gasteiger charge is -2.12. The van der Waals surface area contributed by atoms with Crippen LogP contribution in [0.1, 0.15) is 18.4 Å². The van der Waals surface area contributed by atoms with E-state index in [1.807, 2.05) is 38.4 Å². The van der Waals surface area contributed by atoms with Crippen LogP contribution in [0.15, 0.2) is 24.3 Å². The Labute approximate surface area is 126 Å². The third-order valence-electron chi connectivity index (χ3n) is 3.57. The zero-order valence-electron chi connectivity index (χ0n) is 12.9. The van der Waals surface area contributed by atoms with Gasteiger partial charge < -0.3 is 20.3 Å². The molecule has 0 saturated carbocycles. The van der Waals surface area contributed by atoms with Gasteiger partial charge in [-0.25, -0.2) is 0 Å². The molecule has 5 heteroatoms. The molecule has 2 N–H and O–H groups in total. The molecular formula is C16H25N3O2. The quantitative estimate of drug-likeness (QED) is 0.787. The molecule has 1 saturated heterocycles. The van der Waals surface area contributed by atoms with Gasteiger partial charge >= 0.3 is 0 Å². The minimum Gasteiger partial charge on any atom is -0.492 e. The lowest BCUT2D eigenvalue weighted by atomic mass is 10.2. The number of amides is 1.